The van der Waals surface area contributed by atoms with E-state index in [0.29, 0.717) is 13.0 Å². The van der Waals surface area contributed by atoms with Crippen LogP contribution in [0.3, 0.4) is 0 Å². The van der Waals surface area contributed by atoms with Crippen LogP contribution >= 0.6 is 11.6 Å². The molecule has 0 heterocycles. The van der Waals surface area contributed by atoms with Crippen LogP contribution in [-0.2, 0) is 0 Å². The predicted octanol–water partition coefficient (Wildman–Crippen LogP) is 3.05. The highest BCUT2D eigenvalue weighted by atomic mass is 35.5. The number of hydrogen-bond acceptors (Lipinski definition) is 1. The summed E-state index contributed by atoms with van der Waals surface area (Å²) >= 11 is 5.76. The first-order chi connectivity index (χ1) is 7.91. The van der Waals surface area contributed by atoms with Crippen molar-refractivity contribution >= 4 is 17.5 Å². The fraction of sp³-hybridized carbons (Fsp3) is 0.417. The average Bonchev–Trinajstić information content (AvgIpc) is 2.28. The first kappa shape index (κ1) is 13.9. The van der Waals surface area contributed by atoms with E-state index >= 15 is 0 Å². The Balaban J connectivity index is 2.78. The molecule has 1 amide bonds. The molecule has 5 heteroatoms. The minimum absolute atomic E-state index is 0.0670. The van der Waals surface area contributed by atoms with Gasteiger partial charge in [-0.25, -0.2) is 8.78 Å². The second kappa shape index (κ2) is 5.96. The summed E-state index contributed by atoms with van der Waals surface area (Å²) in [6.45, 7) is 2.21. The number of carbonyl (C=O) groups excluding carboxylic acids is 1. The van der Waals surface area contributed by atoms with Gasteiger partial charge in [-0.15, -0.1) is 11.6 Å². The van der Waals surface area contributed by atoms with Gasteiger partial charge in [-0.05, 0) is 31.5 Å². The van der Waals surface area contributed by atoms with Gasteiger partial charge in [-0.1, -0.05) is 0 Å². The lowest BCUT2D eigenvalue weighted by Gasteiger charge is -2.18. The van der Waals surface area contributed by atoms with Gasteiger partial charge in [0.2, 0.25) is 0 Å². The van der Waals surface area contributed by atoms with Crippen LogP contribution < -0.4 is 0 Å². The van der Waals surface area contributed by atoms with Gasteiger partial charge in [0.05, 0.1) is 5.56 Å². The standard InChI is InChI=1S/C12H14ClF2NO/c1-8(13)5-6-16(2)12(17)10-7-9(14)3-4-11(10)15/h3-4,7-8H,5-6H2,1-2H3. The van der Waals surface area contributed by atoms with Crippen molar-refractivity contribution in [1.29, 1.82) is 0 Å². The maximum absolute atomic E-state index is 13.3. The second-order valence-electron chi connectivity index (χ2n) is 3.92. The Kier molecular flexibility index (Phi) is 4.87. The Bertz CT molecular complexity index is 409. The number of carbonyl (C=O) groups is 1. The molecule has 17 heavy (non-hydrogen) atoms. The second-order valence-corrected chi connectivity index (χ2v) is 4.67. The zero-order chi connectivity index (χ0) is 13.0. The smallest absolute Gasteiger partial charge is 0.256 e. The predicted molar refractivity (Wildman–Crippen MR) is 63.3 cm³/mol. The summed E-state index contributed by atoms with van der Waals surface area (Å²) in [7, 11) is 1.53. The molecule has 0 aliphatic heterocycles. The molecule has 1 atom stereocenters. The molecule has 1 rings (SSSR count). The lowest BCUT2D eigenvalue weighted by Crippen LogP contribution is -2.29. The summed E-state index contributed by atoms with van der Waals surface area (Å²) in [4.78, 5) is 13.1. The molecule has 0 fully saturated rings. The summed E-state index contributed by atoms with van der Waals surface area (Å²) in [6, 6.07) is 2.83. The van der Waals surface area contributed by atoms with Gasteiger partial charge in [-0.2, -0.15) is 0 Å². The van der Waals surface area contributed by atoms with Crippen molar-refractivity contribution in [1.82, 2.24) is 4.90 Å². The highest BCUT2D eigenvalue weighted by molar-refractivity contribution is 6.20. The minimum atomic E-state index is -0.720. The number of halogens is 3. The third kappa shape index (κ3) is 3.97. The number of benzene rings is 1. The number of rotatable bonds is 4. The molecule has 0 radical (unpaired) electrons. The van der Waals surface area contributed by atoms with E-state index in [1.807, 2.05) is 6.92 Å². The summed E-state index contributed by atoms with van der Waals surface area (Å²) in [5.74, 6) is -1.89. The molecule has 94 valence electrons. The Morgan fingerprint density at radius 3 is 2.71 bits per heavy atom. The van der Waals surface area contributed by atoms with Crippen LogP contribution in [0.5, 0.6) is 0 Å². The lowest BCUT2D eigenvalue weighted by atomic mass is 10.1. The van der Waals surface area contributed by atoms with Crippen LogP contribution in [0.25, 0.3) is 0 Å². The van der Waals surface area contributed by atoms with Gasteiger partial charge < -0.3 is 4.90 Å². The fourth-order valence-electron chi connectivity index (χ4n) is 1.34. The molecular weight excluding hydrogens is 248 g/mol. The number of nitrogens with zero attached hydrogens (tertiary/aromatic N) is 1. The molecule has 1 aromatic carbocycles. The van der Waals surface area contributed by atoms with Crippen LogP contribution in [0.2, 0.25) is 0 Å². The van der Waals surface area contributed by atoms with E-state index in [4.69, 9.17) is 11.6 Å². The highest BCUT2D eigenvalue weighted by Crippen LogP contribution is 2.12. The first-order valence-corrected chi connectivity index (χ1v) is 5.70. The summed E-state index contributed by atoms with van der Waals surface area (Å²) in [5, 5.41) is -0.0670. The molecule has 0 saturated heterocycles. The van der Waals surface area contributed by atoms with Crippen LogP contribution in [0.4, 0.5) is 8.78 Å². The Hall–Kier alpha value is -1.16. The molecule has 0 saturated carbocycles. The normalized spacial score (nSPS) is 12.3. The molecule has 0 bridgehead atoms. The minimum Gasteiger partial charge on any atom is -0.342 e. The van der Waals surface area contributed by atoms with Crippen molar-refractivity contribution < 1.29 is 13.6 Å². The van der Waals surface area contributed by atoms with E-state index in [0.717, 1.165) is 18.2 Å². The molecular formula is C12H14ClF2NO. The van der Waals surface area contributed by atoms with Gasteiger partial charge in [0.1, 0.15) is 11.6 Å². The highest BCUT2D eigenvalue weighted by Gasteiger charge is 2.17. The number of amides is 1. The van der Waals surface area contributed by atoms with Gasteiger partial charge in [-0.3, -0.25) is 4.79 Å². The molecule has 0 aliphatic carbocycles. The van der Waals surface area contributed by atoms with E-state index in [-0.39, 0.29) is 10.9 Å². The van der Waals surface area contributed by atoms with Crippen molar-refractivity contribution in [3.63, 3.8) is 0 Å². The average molecular weight is 262 g/mol. The lowest BCUT2D eigenvalue weighted by molar-refractivity contribution is 0.0788. The molecule has 1 aromatic rings. The van der Waals surface area contributed by atoms with E-state index in [1.54, 1.807) is 0 Å². The van der Waals surface area contributed by atoms with Crippen molar-refractivity contribution in [2.45, 2.75) is 18.7 Å². The largest absolute Gasteiger partial charge is 0.342 e. The van der Waals surface area contributed by atoms with Crippen molar-refractivity contribution in [2.24, 2.45) is 0 Å². The molecule has 2 nitrogen and oxygen atoms in total. The van der Waals surface area contributed by atoms with Crippen LogP contribution in [-0.4, -0.2) is 29.8 Å². The van der Waals surface area contributed by atoms with Gasteiger partial charge in [0.25, 0.3) is 5.91 Å². The molecule has 0 aromatic heterocycles. The number of alkyl halides is 1. The molecule has 0 spiro atoms. The van der Waals surface area contributed by atoms with Gasteiger partial charge in [0, 0.05) is 19.0 Å². The third-order valence-electron chi connectivity index (χ3n) is 2.37. The Morgan fingerprint density at radius 2 is 2.12 bits per heavy atom. The SMILES string of the molecule is CC(Cl)CCN(C)C(=O)c1cc(F)ccc1F. The van der Waals surface area contributed by atoms with Gasteiger partial charge >= 0.3 is 0 Å². The van der Waals surface area contributed by atoms with Crippen molar-refractivity contribution in [3.05, 3.63) is 35.4 Å². The Morgan fingerprint density at radius 1 is 1.47 bits per heavy atom. The fourth-order valence-corrected chi connectivity index (χ4v) is 1.44. The monoisotopic (exact) mass is 261 g/mol. The van der Waals surface area contributed by atoms with E-state index in [2.05, 4.69) is 0 Å². The summed E-state index contributed by atoms with van der Waals surface area (Å²) < 4.78 is 26.3. The zero-order valence-corrected chi connectivity index (χ0v) is 10.5. The number of hydrogen-bond donors (Lipinski definition) is 0. The third-order valence-corrected chi connectivity index (χ3v) is 2.59. The molecule has 1 unspecified atom stereocenters. The van der Waals surface area contributed by atoms with Crippen LogP contribution in [0.15, 0.2) is 18.2 Å². The quantitative estimate of drug-likeness (QED) is 0.763. The van der Waals surface area contributed by atoms with Crippen molar-refractivity contribution in [3.8, 4) is 0 Å². The van der Waals surface area contributed by atoms with Gasteiger partial charge in [0.15, 0.2) is 0 Å². The van der Waals surface area contributed by atoms with E-state index in [1.165, 1.54) is 11.9 Å². The topological polar surface area (TPSA) is 20.3 Å². The first-order valence-electron chi connectivity index (χ1n) is 5.26. The zero-order valence-electron chi connectivity index (χ0n) is 9.71. The molecule has 0 N–H and O–H groups in total. The van der Waals surface area contributed by atoms with Crippen LogP contribution in [0.1, 0.15) is 23.7 Å². The van der Waals surface area contributed by atoms with E-state index in [9.17, 15) is 13.6 Å². The summed E-state index contributed by atoms with van der Waals surface area (Å²) in [5.41, 5.74) is -0.255. The van der Waals surface area contributed by atoms with E-state index < -0.39 is 17.5 Å². The van der Waals surface area contributed by atoms with Crippen molar-refractivity contribution in [2.75, 3.05) is 13.6 Å². The molecule has 0 aliphatic rings. The summed E-state index contributed by atoms with van der Waals surface area (Å²) in [6.07, 6.45) is 0.598. The maximum Gasteiger partial charge on any atom is 0.256 e. The maximum atomic E-state index is 13.3. The van der Waals surface area contributed by atoms with Crippen LogP contribution in [0, 0.1) is 11.6 Å². The Labute approximate surface area is 104 Å².